The van der Waals surface area contributed by atoms with Crippen LogP contribution in [0.4, 0.5) is 11.6 Å². The number of nitrogen functional groups attached to an aromatic ring is 1. The molecule has 2 saturated heterocycles. The summed E-state index contributed by atoms with van der Waals surface area (Å²) in [6.45, 7) is 4.18. The molecule has 2 aliphatic rings. The number of aromatic nitrogens is 4. The summed E-state index contributed by atoms with van der Waals surface area (Å²) >= 11 is 6.14. The van der Waals surface area contributed by atoms with Crippen molar-refractivity contribution < 1.29 is 13.2 Å². The van der Waals surface area contributed by atoms with Crippen molar-refractivity contribution in [3.05, 3.63) is 35.7 Å². The number of pyridine rings is 1. The first-order chi connectivity index (χ1) is 15.2. The zero-order valence-electron chi connectivity index (χ0n) is 17.5. The molecule has 0 aliphatic carbocycles. The standard InChI is InChI=1S/C20H24ClN7O3S/c1-12-17(22)20(11-31-12)4-8-27(9-5-20)19-13-2-7-26-28(13)15(10-25-19)32(29,30)14-3-6-24-18(23)16(14)21/h2-3,6-7,10,12,17H,4-5,8-9,11,22H2,1H3,(H2,23,24)/t12-,17+/m0/s1. The Morgan fingerprint density at radius 1 is 1.22 bits per heavy atom. The lowest BCUT2D eigenvalue weighted by molar-refractivity contribution is 0.0974. The van der Waals surface area contributed by atoms with Gasteiger partial charge in [-0.3, -0.25) is 0 Å². The Hall–Kier alpha value is -2.47. The molecular formula is C20H24ClN7O3S. The number of halogens is 1. The molecule has 0 saturated carbocycles. The Bertz CT molecular complexity index is 1290. The van der Waals surface area contributed by atoms with Crippen LogP contribution in [0.2, 0.25) is 5.02 Å². The topological polar surface area (TPSA) is 142 Å². The molecule has 2 atom stereocenters. The fourth-order valence-electron chi connectivity index (χ4n) is 4.71. The number of sulfone groups is 1. The van der Waals surface area contributed by atoms with Gasteiger partial charge in [0.15, 0.2) is 10.8 Å². The third-order valence-electron chi connectivity index (χ3n) is 6.73. The number of rotatable bonds is 3. The van der Waals surface area contributed by atoms with Gasteiger partial charge in [-0.15, -0.1) is 0 Å². The van der Waals surface area contributed by atoms with Gasteiger partial charge in [0.2, 0.25) is 9.84 Å². The van der Waals surface area contributed by atoms with Crippen molar-refractivity contribution >= 4 is 38.6 Å². The van der Waals surface area contributed by atoms with Crippen molar-refractivity contribution in [2.45, 2.75) is 41.8 Å². The average Bonchev–Trinajstić information content (AvgIpc) is 3.37. The molecule has 0 radical (unpaired) electrons. The van der Waals surface area contributed by atoms with Crippen molar-refractivity contribution in [3.8, 4) is 0 Å². The van der Waals surface area contributed by atoms with E-state index in [0.29, 0.717) is 17.9 Å². The molecule has 3 aromatic rings. The minimum Gasteiger partial charge on any atom is -0.382 e. The smallest absolute Gasteiger partial charge is 0.227 e. The summed E-state index contributed by atoms with van der Waals surface area (Å²) < 4.78 is 33.8. The average molecular weight is 478 g/mol. The van der Waals surface area contributed by atoms with Gasteiger partial charge >= 0.3 is 0 Å². The molecule has 5 rings (SSSR count). The van der Waals surface area contributed by atoms with E-state index in [1.807, 2.05) is 6.92 Å². The molecule has 170 valence electrons. The molecule has 1 spiro atoms. The molecular weight excluding hydrogens is 454 g/mol. The van der Waals surface area contributed by atoms with Gasteiger partial charge in [-0.05, 0) is 31.9 Å². The summed E-state index contributed by atoms with van der Waals surface area (Å²) in [4.78, 5) is 10.4. The molecule has 12 heteroatoms. The minimum atomic E-state index is -4.03. The highest BCUT2D eigenvalue weighted by molar-refractivity contribution is 7.91. The SMILES string of the molecule is C[C@@H]1OCC2(CCN(c3ncc(S(=O)(=O)c4ccnc(N)c4Cl)n4nccc34)CC2)[C@@H]1N. The highest BCUT2D eigenvalue weighted by Crippen LogP contribution is 2.42. The number of piperidine rings is 1. The number of anilines is 2. The molecule has 4 N–H and O–H groups in total. The van der Waals surface area contributed by atoms with Crippen molar-refractivity contribution in [1.82, 2.24) is 19.6 Å². The Balaban J connectivity index is 1.49. The summed E-state index contributed by atoms with van der Waals surface area (Å²) in [5.41, 5.74) is 12.7. The molecule has 0 bridgehead atoms. The summed E-state index contributed by atoms with van der Waals surface area (Å²) in [6, 6.07) is 3.08. The first-order valence-electron chi connectivity index (χ1n) is 10.3. The Morgan fingerprint density at radius 3 is 2.66 bits per heavy atom. The monoisotopic (exact) mass is 477 g/mol. The van der Waals surface area contributed by atoms with E-state index in [2.05, 4.69) is 20.0 Å². The van der Waals surface area contributed by atoms with Crippen molar-refractivity contribution in [1.29, 1.82) is 0 Å². The van der Waals surface area contributed by atoms with Crippen LogP contribution in [0.25, 0.3) is 5.52 Å². The van der Waals surface area contributed by atoms with Crippen LogP contribution in [0, 0.1) is 5.41 Å². The lowest BCUT2D eigenvalue weighted by atomic mass is 9.73. The maximum absolute atomic E-state index is 13.3. The van der Waals surface area contributed by atoms with Gasteiger partial charge in [-0.25, -0.2) is 22.9 Å². The maximum Gasteiger partial charge on any atom is 0.227 e. The Labute approximate surface area is 190 Å². The molecule has 0 unspecified atom stereocenters. The largest absolute Gasteiger partial charge is 0.382 e. The first kappa shape index (κ1) is 21.4. The van der Waals surface area contributed by atoms with E-state index in [1.54, 1.807) is 12.3 Å². The van der Waals surface area contributed by atoms with Gasteiger partial charge in [0.1, 0.15) is 16.4 Å². The van der Waals surface area contributed by atoms with Crippen LogP contribution >= 0.6 is 11.6 Å². The van der Waals surface area contributed by atoms with Crippen LogP contribution in [-0.2, 0) is 14.6 Å². The second-order valence-electron chi connectivity index (χ2n) is 8.45. The fraction of sp³-hybridized carbons (Fsp3) is 0.450. The van der Waals surface area contributed by atoms with Gasteiger partial charge in [0, 0.05) is 30.7 Å². The van der Waals surface area contributed by atoms with Crippen LogP contribution in [0.15, 0.2) is 40.6 Å². The van der Waals surface area contributed by atoms with Crippen LogP contribution in [0.1, 0.15) is 19.8 Å². The van der Waals surface area contributed by atoms with Gasteiger partial charge in [0.25, 0.3) is 0 Å². The van der Waals surface area contributed by atoms with Crippen LogP contribution in [0.5, 0.6) is 0 Å². The molecule has 3 aromatic heterocycles. The Morgan fingerprint density at radius 2 is 1.97 bits per heavy atom. The molecule has 2 aliphatic heterocycles. The van der Waals surface area contributed by atoms with Crippen LogP contribution in [0.3, 0.4) is 0 Å². The molecule has 32 heavy (non-hydrogen) atoms. The summed E-state index contributed by atoms with van der Waals surface area (Å²) in [5.74, 6) is 0.622. The van der Waals surface area contributed by atoms with Crippen LogP contribution < -0.4 is 16.4 Å². The molecule has 2 fully saturated rings. The van der Waals surface area contributed by atoms with Gasteiger partial charge in [-0.2, -0.15) is 5.10 Å². The molecule has 0 aromatic carbocycles. The predicted molar refractivity (Wildman–Crippen MR) is 119 cm³/mol. The highest BCUT2D eigenvalue weighted by Gasteiger charge is 2.47. The molecule has 0 amide bonds. The zero-order valence-corrected chi connectivity index (χ0v) is 19.1. The number of hydrogen-bond acceptors (Lipinski definition) is 9. The van der Waals surface area contributed by atoms with E-state index in [1.165, 1.54) is 23.0 Å². The lowest BCUT2D eigenvalue weighted by Gasteiger charge is -2.41. The van der Waals surface area contributed by atoms with Gasteiger partial charge < -0.3 is 21.1 Å². The van der Waals surface area contributed by atoms with Gasteiger partial charge in [-0.1, -0.05) is 11.6 Å². The second-order valence-corrected chi connectivity index (χ2v) is 10.7. The van der Waals surface area contributed by atoms with E-state index in [4.69, 9.17) is 27.8 Å². The maximum atomic E-state index is 13.3. The van der Waals surface area contributed by atoms with Crippen molar-refractivity contribution in [2.24, 2.45) is 11.1 Å². The van der Waals surface area contributed by atoms with Gasteiger partial charge in [0.05, 0.1) is 30.0 Å². The summed E-state index contributed by atoms with van der Waals surface area (Å²) in [7, 11) is -4.03. The van der Waals surface area contributed by atoms with Crippen molar-refractivity contribution in [2.75, 3.05) is 30.3 Å². The van der Waals surface area contributed by atoms with E-state index in [9.17, 15) is 8.42 Å². The number of nitrogens with two attached hydrogens (primary N) is 2. The Kier molecular flexibility index (Phi) is 5.04. The minimum absolute atomic E-state index is 0.0117. The van der Waals surface area contributed by atoms with E-state index >= 15 is 0 Å². The number of nitrogens with zero attached hydrogens (tertiary/aromatic N) is 5. The fourth-order valence-corrected chi connectivity index (χ4v) is 6.50. The van der Waals surface area contributed by atoms with E-state index in [0.717, 1.165) is 25.9 Å². The quantitative estimate of drug-likeness (QED) is 0.574. The highest BCUT2D eigenvalue weighted by atomic mass is 35.5. The third kappa shape index (κ3) is 3.14. The van der Waals surface area contributed by atoms with E-state index < -0.39 is 9.84 Å². The third-order valence-corrected chi connectivity index (χ3v) is 8.99. The number of hydrogen-bond donors (Lipinski definition) is 2. The number of fused-ring (bicyclic) bond motifs is 1. The second kappa shape index (κ2) is 7.55. The molecule has 5 heterocycles. The zero-order chi connectivity index (χ0) is 22.7. The van der Waals surface area contributed by atoms with Crippen molar-refractivity contribution in [3.63, 3.8) is 0 Å². The summed E-state index contributed by atoms with van der Waals surface area (Å²) in [5, 5.41) is 4.03. The molecule has 10 nitrogen and oxygen atoms in total. The normalized spacial score (nSPS) is 23.3. The lowest BCUT2D eigenvalue weighted by Crippen LogP contribution is -2.50. The predicted octanol–water partition coefficient (Wildman–Crippen LogP) is 1.53. The van der Waals surface area contributed by atoms with Crippen LogP contribution in [-0.4, -0.2) is 59.8 Å². The van der Waals surface area contributed by atoms with E-state index in [-0.39, 0.29) is 38.3 Å². The number of ether oxygens (including phenoxy) is 1. The first-order valence-corrected chi connectivity index (χ1v) is 12.2. The summed E-state index contributed by atoms with van der Waals surface area (Å²) in [6.07, 6.45) is 5.99.